The van der Waals surface area contributed by atoms with Crippen molar-refractivity contribution in [1.29, 1.82) is 0 Å². The fourth-order valence-corrected chi connectivity index (χ4v) is 4.03. The number of hydrogen-bond acceptors (Lipinski definition) is 7. The average Bonchev–Trinajstić information content (AvgIpc) is 3.33. The van der Waals surface area contributed by atoms with E-state index >= 15 is 0 Å². The second-order valence-corrected chi connectivity index (χ2v) is 7.63. The van der Waals surface area contributed by atoms with Gasteiger partial charge in [-0.3, -0.25) is 9.69 Å². The smallest absolute Gasteiger partial charge is 0.414 e. The van der Waals surface area contributed by atoms with Crippen LogP contribution in [0.3, 0.4) is 0 Å². The third kappa shape index (κ3) is 4.29. The fraction of sp³-hybridized carbons (Fsp3) is 0.579. The van der Waals surface area contributed by atoms with Gasteiger partial charge in [-0.15, -0.1) is 0 Å². The lowest BCUT2D eigenvalue weighted by Gasteiger charge is -2.38. The Balaban J connectivity index is 1.38. The van der Waals surface area contributed by atoms with Crippen LogP contribution in [0.2, 0.25) is 0 Å². The number of piperidine rings is 1. The van der Waals surface area contributed by atoms with E-state index in [2.05, 4.69) is 17.9 Å². The van der Waals surface area contributed by atoms with Crippen LogP contribution in [0, 0.1) is 5.82 Å². The molecule has 8 nitrogen and oxygen atoms in total. The summed E-state index contributed by atoms with van der Waals surface area (Å²) in [6.07, 6.45) is 0.329. The van der Waals surface area contributed by atoms with Gasteiger partial charge in [0.05, 0.1) is 43.4 Å². The van der Waals surface area contributed by atoms with Crippen molar-refractivity contribution in [2.75, 3.05) is 54.9 Å². The second-order valence-electron chi connectivity index (χ2n) is 7.31. The first-order valence-electron chi connectivity index (χ1n) is 9.68. The number of anilines is 2. The first-order chi connectivity index (χ1) is 14.0. The lowest BCUT2D eigenvalue weighted by atomic mass is 10.0. The molecular formula is C19H24FN3O5S. The number of halogens is 1. The van der Waals surface area contributed by atoms with E-state index in [-0.39, 0.29) is 24.7 Å². The van der Waals surface area contributed by atoms with Gasteiger partial charge < -0.3 is 24.4 Å². The standard InChI is InChI=1S/C19H24FN3O5S/c20-15-9-13(23-11-14(28-18(23)25)10-21-17(24)12-29)1-2-16(15)22-5-3-19(4-6-22)26-7-8-27-19/h1-2,9,14,29H,3-8,10-12H2,(H,21,24). The number of carbonyl (C=O) groups excluding carboxylic acids is 2. The number of carbonyl (C=O) groups is 2. The Morgan fingerprint density at radius 3 is 2.66 bits per heavy atom. The van der Waals surface area contributed by atoms with Crippen molar-refractivity contribution >= 4 is 36.0 Å². The Labute approximate surface area is 173 Å². The number of rotatable bonds is 5. The number of nitrogens with one attached hydrogen (secondary N) is 1. The van der Waals surface area contributed by atoms with Gasteiger partial charge in [-0.25, -0.2) is 9.18 Å². The van der Waals surface area contributed by atoms with Crippen LogP contribution in [0.5, 0.6) is 0 Å². The van der Waals surface area contributed by atoms with Crippen molar-refractivity contribution < 1.29 is 28.2 Å². The third-order valence-corrected chi connectivity index (χ3v) is 5.75. The molecule has 3 heterocycles. The molecule has 158 valence electrons. The minimum absolute atomic E-state index is 0.0624. The largest absolute Gasteiger partial charge is 0.442 e. The Morgan fingerprint density at radius 1 is 1.28 bits per heavy atom. The molecular weight excluding hydrogens is 401 g/mol. The van der Waals surface area contributed by atoms with Crippen LogP contribution in [0.1, 0.15) is 12.8 Å². The summed E-state index contributed by atoms with van der Waals surface area (Å²) in [4.78, 5) is 26.8. The molecule has 2 amide bonds. The van der Waals surface area contributed by atoms with Gasteiger partial charge >= 0.3 is 6.09 Å². The molecule has 3 aliphatic rings. The summed E-state index contributed by atoms with van der Waals surface area (Å²) in [5, 5.41) is 2.63. The summed E-state index contributed by atoms with van der Waals surface area (Å²) in [5.74, 6) is -1.09. The number of ether oxygens (including phenoxy) is 3. The minimum Gasteiger partial charge on any atom is -0.442 e. The monoisotopic (exact) mass is 425 g/mol. The van der Waals surface area contributed by atoms with E-state index in [1.807, 2.05) is 4.90 Å². The van der Waals surface area contributed by atoms with Gasteiger partial charge in [-0.05, 0) is 18.2 Å². The number of hydrogen-bond donors (Lipinski definition) is 2. The molecule has 1 unspecified atom stereocenters. The molecule has 0 radical (unpaired) electrons. The highest BCUT2D eigenvalue weighted by Gasteiger charge is 2.40. The fourth-order valence-electron chi connectivity index (χ4n) is 3.92. The maximum Gasteiger partial charge on any atom is 0.414 e. The Morgan fingerprint density at radius 2 is 2.00 bits per heavy atom. The molecule has 0 aromatic heterocycles. The summed E-state index contributed by atoms with van der Waals surface area (Å²) in [7, 11) is 0. The molecule has 0 bridgehead atoms. The number of cyclic esters (lactones) is 1. The van der Waals surface area contributed by atoms with E-state index in [1.54, 1.807) is 12.1 Å². The van der Waals surface area contributed by atoms with E-state index in [0.717, 1.165) is 0 Å². The van der Waals surface area contributed by atoms with Crippen LogP contribution < -0.4 is 15.1 Å². The molecule has 1 atom stereocenters. The van der Waals surface area contributed by atoms with Gasteiger partial charge in [0.1, 0.15) is 11.9 Å². The third-order valence-electron chi connectivity index (χ3n) is 5.47. The lowest BCUT2D eigenvalue weighted by Crippen LogP contribution is -2.45. The van der Waals surface area contributed by atoms with E-state index < -0.39 is 23.8 Å². The number of nitrogens with zero attached hydrogens (tertiary/aromatic N) is 2. The summed E-state index contributed by atoms with van der Waals surface area (Å²) in [5.41, 5.74) is 0.918. The average molecular weight is 425 g/mol. The van der Waals surface area contributed by atoms with Crippen LogP contribution in [-0.4, -0.2) is 69.0 Å². The number of amides is 2. The van der Waals surface area contributed by atoms with Gasteiger partial charge in [0, 0.05) is 25.9 Å². The molecule has 3 fully saturated rings. The molecule has 1 spiro atoms. The highest BCUT2D eigenvalue weighted by molar-refractivity contribution is 7.81. The first kappa shape index (κ1) is 20.2. The maximum atomic E-state index is 14.8. The summed E-state index contributed by atoms with van der Waals surface area (Å²) < 4.78 is 31.5. The molecule has 1 N–H and O–H groups in total. The van der Waals surface area contributed by atoms with Crippen LogP contribution in [0.4, 0.5) is 20.6 Å². The van der Waals surface area contributed by atoms with Crippen LogP contribution in [-0.2, 0) is 19.0 Å². The zero-order valence-corrected chi connectivity index (χ0v) is 16.8. The van der Waals surface area contributed by atoms with Gasteiger partial charge in [0.15, 0.2) is 5.79 Å². The predicted octanol–water partition coefficient (Wildman–Crippen LogP) is 1.54. The summed E-state index contributed by atoms with van der Waals surface area (Å²) in [6.45, 7) is 2.92. The molecule has 0 aliphatic carbocycles. The van der Waals surface area contributed by atoms with Crippen LogP contribution in [0.25, 0.3) is 0 Å². The number of thiol groups is 1. The Bertz CT molecular complexity index is 779. The Hall–Kier alpha value is -2.04. The van der Waals surface area contributed by atoms with Crippen molar-refractivity contribution in [1.82, 2.24) is 5.32 Å². The second kappa shape index (κ2) is 8.37. The van der Waals surface area contributed by atoms with Crippen LogP contribution >= 0.6 is 12.6 Å². The van der Waals surface area contributed by atoms with Crippen molar-refractivity contribution in [3.63, 3.8) is 0 Å². The van der Waals surface area contributed by atoms with Crippen molar-refractivity contribution in [2.24, 2.45) is 0 Å². The molecule has 4 rings (SSSR count). The minimum atomic E-state index is -0.558. The molecule has 1 aromatic carbocycles. The summed E-state index contributed by atoms with van der Waals surface area (Å²) in [6, 6.07) is 4.74. The van der Waals surface area contributed by atoms with Crippen molar-refractivity contribution in [3.05, 3.63) is 24.0 Å². The van der Waals surface area contributed by atoms with E-state index in [9.17, 15) is 14.0 Å². The molecule has 29 heavy (non-hydrogen) atoms. The van der Waals surface area contributed by atoms with Gasteiger partial charge in [0.2, 0.25) is 5.91 Å². The lowest BCUT2D eigenvalue weighted by molar-refractivity contribution is -0.169. The summed E-state index contributed by atoms with van der Waals surface area (Å²) >= 11 is 3.88. The Kier molecular flexibility index (Phi) is 5.84. The molecule has 0 saturated carbocycles. The highest BCUT2D eigenvalue weighted by atomic mass is 32.1. The van der Waals surface area contributed by atoms with Crippen LogP contribution in [0.15, 0.2) is 18.2 Å². The molecule has 3 aliphatic heterocycles. The van der Waals surface area contributed by atoms with E-state index in [0.29, 0.717) is 50.5 Å². The van der Waals surface area contributed by atoms with Gasteiger partial charge in [-0.2, -0.15) is 12.6 Å². The van der Waals surface area contributed by atoms with Gasteiger partial charge in [0.25, 0.3) is 0 Å². The zero-order valence-electron chi connectivity index (χ0n) is 15.9. The molecule has 10 heteroatoms. The topological polar surface area (TPSA) is 80.3 Å². The normalized spacial score (nSPS) is 23.5. The van der Waals surface area contributed by atoms with Crippen molar-refractivity contribution in [3.8, 4) is 0 Å². The maximum absolute atomic E-state index is 14.8. The predicted molar refractivity (Wildman–Crippen MR) is 107 cm³/mol. The first-order valence-corrected chi connectivity index (χ1v) is 10.3. The SMILES string of the molecule is O=C(CS)NCC1CN(c2ccc(N3CCC4(CC3)OCCO4)c(F)c2)C(=O)O1. The molecule has 3 saturated heterocycles. The number of benzene rings is 1. The highest BCUT2D eigenvalue weighted by Crippen LogP contribution is 2.35. The van der Waals surface area contributed by atoms with E-state index in [4.69, 9.17) is 14.2 Å². The zero-order chi connectivity index (χ0) is 20.4. The molecule has 1 aromatic rings. The van der Waals surface area contributed by atoms with E-state index in [1.165, 1.54) is 11.0 Å². The van der Waals surface area contributed by atoms with Gasteiger partial charge in [-0.1, -0.05) is 0 Å². The quantitative estimate of drug-likeness (QED) is 0.697. The van der Waals surface area contributed by atoms with Crippen molar-refractivity contribution in [2.45, 2.75) is 24.7 Å².